The fourth-order valence-corrected chi connectivity index (χ4v) is 2.02. The summed E-state index contributed by atoms with van der Waals surface area (Å²) in [6, 6.07) is 9.57. The van der Waals surface area contributed by atoms with Crippen LogP contribution in [-0.4, -0.2) is 37.6 Å². The van der Waals surface area contributed by atoms with E-state index >= 15 is 0 Å². The van der Waals surface area contributed by atoms with Gasteiger partial charge in [0.2, 0.25) is 11.8 Å². The van der Waals surface area contributed by atoms with Crippen LogP contribution in [0.5, 0.6) is 0 Å². The molecule has 1 atom stereocenters. The van der Waals surface area contributed by atoms with Crippen LogP contribution in [0.3, 0.4) is 0 Å². The lowest BCUT2D eigenvalue weighted by atomic mass is 10.1. The minimum Gasteiger partial charge on any atom is -0.368 e. The molecule has 2 rings (SSSR count). The summed E-state index contributed by atoms with van der Waals surface area (Å²) in [5.74, 6) is 0.476. The first kappa shape index (κ1) is 16.5. The van der Waals surface area contributed by atoms with E-state index in [1.165, 1.54) is 12.8 Å². The average Bonchev–Trinajstić information content (AvgIpc) is 3.34. The molecule has 5 nitrogen and oxygen atoms in total. The van der Waals surface area contributed by atoms with Gasteiger partial charge in [-0.1, -0.05) is 30.3 Å². The largest absolute Gasteiger partial charge is 0.368 e. The molecule has 1 aliphatic rings. The van der Waals surface area contributed by atoms with Crippen LogP contribution in [0.25, 0.3) is 0 Å². The molecule has 1 saturated carbocycles. The van der Waals surface area contributed by atoms with Crippen molar-refractivity contribution in [3.05, 3.63) is 35.9 Å². The highest BCUT2D eigenvalue weighted by Gasteiger charge is 2.23. The normalized spacial score (nSPS) is 15.1. The van der Waals surface area contributed by atoms with Gasteiger partial charge in [0.05, 0.1) is 13.0 Å². The predicted octanol–water partition coefficient (Wildman–Crippen LogP) is 1.28. The molecule has 0 aromatic heterocycles. The van der Waals surface area contributed by atoms with Crippen LogP contribution in [0.15, 0.2) is 30.3 Å². The van der Waals surface area contributed by atoms with Crippen molar-refractivity contribution in [1.82, 2.24) is 10.6 Å². The Morgan fingerprint density at radius 3 is 2.55 bits per heavy atom. The Hall–Kier alpha value is -1.88. The van der Waals surface area contributed by atoms with Crippen molar-refractivity contribution in [2.24, 2.45) is 5.92 Å². The zero-order chi connectivity index (χ0) is 15.8. The molecule has 2 amide bonds. The van der Waals surface area contributed by atoms with E-state index in [1.807, 2.05) is 30.3 Å². The molecule has 2 N–H and O–H groups in total. The molecule has 1 fully saturated rings. The van der Waals surface area contributed by atoms with Gasteiger partial charge in [0.15, 0.2) is 0 Å². The summed E-state index contributed by atoms with van der Waals surface area (Å²) in [6.07, 6.45) is 2.35. The van der Waals surface area contributed by atoms with Gasteiger partial charge in [0.25, 0.3) is 0 Å². The Balaban J connectivity index is 1.54. The second-order valence-electron chi connectivity index (χ2n) is 5.72. The molecular weight excluding hydrogens is 280 g/mol. The highest BCUT2D eigenvalue weighted by atomic mass is 16.5. The van der Waals surface area contributed by atoms with E-state index in [9.17, 15) is 9.59 Å². The lowest BCUT2D eigenvalue weighted by molar-refractivity contribution is -0.132. The molecule has 5 heteroatoms. The van der Waals surface area contributed by atoms with Gasteiger partial charge in [0, 0.05) is 13.1 Å². The Morgan fingerprint density at radius 2 is 1.86 bits per heavy atom. The van der Waals surface area contributed by atoms with Crippen molar-refractivity contribution >= 4 is 11.8 Å². The van der Waals surface area contributed by atoms with Crippen molar-refractivity contribution in [2.75, 3.05) is 19.7 Å². The van der Waals surface area contributed by atoms with Gasteiger partial charge in [-0.15, -0.1) is 0 Å². The van der Waals surface area contributed by atoms with Crippen molar-refractivity contribution in [3.8, 4) is 0 Å². The summed E-state index contributed by atoms with van der Waals surface area (Å²) in [5, 5.41) is 5.56. The monoisotopic (exact) mass is 304 g/mol. The third kappa shape index (κ3) is 6.26. The van der Waals surface area contributed by atoms with Gasteiger partial charge >= 0.3 is 0 Å². The van der Waals surface area contributed by atoms with Crippen LogP contribution in [0, 0.1) is 5.92 Å². The van der Waals surface area contributed by atoms with Crippen molar-refractivity contribution < 1.29 is 14.3 Å². The zero-order valence-electron chi connectivity index (χ0n) is 13.0. The van der Waals surface area contributed by atoms with Gasteiger partial charge in [-0.3, -0.25) is 9.59 Å². The minimum absolute atomic E-state index is 0.0431. The quantitative estimate of drug-likeness (QED) is 0.675. The molecule has 22 heavy (non-hydrogen) atoms. The summed E-state index contributed by atoms with van der Waals surface area (Å²) in [7, 11) is 0. The van der Waals surface area contributed by atoms with E-state index in [1.54, 1.807) is 6.92 Å². The SMILES string of the molecule is C[C@@H](OCC1CC1)C(=O)NCCNC(=O)Cc1ccccc1. The molecule has 0 saturated heterocycles. The smallest absolute Gasteiger partial charge is 0.248 e. The molecule has 0 aliphatic heterocycles. The number of hydrogen-bond acceptors (Lipinski definition) is 3. The molecule has 0 spiro atoms. The third-order valence-electron chi connectivity index (χ3n) is 3.60. The Bertz CT molecular complexity index is 486. The number of hydrogen-bond donors (Lipinski definition) is 2. The van der Waals surface area contributed by atoms with Crippen molar-refractivity contribution in [2.45, 2.75) is 32.3 Å². The van der Waals surface area contributed by atoms with E-state index in [0.717, 1.165) is 5.56 Å². The Kier molecular flexibility index (Phi) is 6.40. The highest BCUT2D eigenvalue weighted by Crippen LogP contribution is 2.29. The van der Waals surface area contributed by atoms with Gasteiger partial charge in [0.1, 0.15) is 6.10 Å². The first-order chi connectivity index (χ1) is 10.6. The summed E-state index contributed by atoms with van der Waals surface area (Å²) in [5.41, 5.74) is 0.978. The highest BCUT2D eigenvalue weighted by molar-refractivity contribution is 5.80. The Labute approximate surface area is 131 Å². The maximum atomic E-state index is 11.8. The first-order valence-corrected chi connectivity index (χ1v) is 7.85. The molecule has 0 radical (unpaired) electrons. The van der Waals surface area contributed by atoms with Crippen molar-refractivity contribution in [1.29, 1.82) is 0 Å². The number of benzene rings is 1. The Morgan fingerprint density at radius 1 is 1.18 bits per heavy atom. The van der Waals surface area contributed by atoms with Gasteiger partial charge in [-0.25, -0.2) is 0 Å². The molecule has 120 valence electrons. The second kappa shape index (κ2) is 8.54. The number of carbonyl (C=O) groups is 2. The van der Waals surface area contributed by atoms with Crippen LogP contribution in [0.1, 0.15) is 25.3 Å². The average molecular weight is 304 g/mol. The van der Waals surface area contributed by atoms with Gasteiger partial charge in [-0.05, 0) is 31.2 Å². The molecule has 1 aliphatic carbocycles. The van der Waals surface area contributed by atoms with Crippen molar-refractivity contribution in [3.63, 3.8) is 0 Å². The van der Waals surface area contributed by atoms with Crippen LogP contribution in [0.2, 0.25) is 0 Å². The fraction of sp³-hybridized carbons (Fsp3) is 0.529. The lowest BCUT2D eigenvalue weighted by Crippen LogP contribution is -2.40. The standard InChI is InChI=1S/C17H24N2O3/c1-13(22-12-15-7-8-15)17(21)19-10-9-18-16(20)11-14-5-3-2-4-6-14/h2-6,13,15H,7-12H2,1H3,(H,18,20)(H,19,21)/t13-/m1/s1. The molecule has 1 aromatic rings. The number of carbonyl (C=O) groups excluding carboxylic acids is 2. The number of amides is 2. The predicted molar refractivity (Wildman–Crippen MR) is 84.3 cm³/mol. The number of rotatable bonds is 9. The zero-order valence-corrected chi connectivity index (χ0v) is 13.0. The topological polar surface area (TPSA) is 67.4 Å². The number of ether oxygens (including phenoxy) is 1. The maximum Gasteiger partial charge on any atom is 0.248 e. The van der Waals surface area contributed by atoms with Crippen LogP contribution in [-0.2, 0) is 20.7 Å². The number of nitrogens with one attached hydrogen (secondary N) is 2. The van der Waals surface area contributed by atoms with Crippen LogP contribution in [0.4, 0.5) is 0 Å². The van der Waals surface area contributed by atoms with Gasteiger partial charge < -0.3 is 15.4 Å². The van der Waals surface area contributed by atoms with E-state index in [0.29, 0.717) is 32.0 Å². The van der Waals surface area contributed by atoms with Crippen LogP contribution >= 0.6 is 0 Å². The summed E-state index contributed by atoms with van der Waals surface area (Å²) < 4.78 is 5.49. The van der Waals surface area contributed by atoms with E-state index in [2.05, 4.69) is 10.6 Å². The molecule has 0 heterocycles. The second-order valence-corrected chi connectivity index (χ2v) is 5.72. The van der Waals surface area contributed by atoms with Gasteiger partial charge in [-0.2, -0.15) is 0 Å². The lowest BCUT2D eigenvalue weighted by Gasteiger charge is -2.13. The molecule has 0 unspecified atom stereocenters. The van der Waals surface area contributed by atoms with E-state index in [-0.39, 0.29) is 11.8 Å². The summed E-state index contributed by atoms with van der Waals surface area (Å²) in [6.45, 7) is 3.26. The maximum absolute atomic E-state index is 11.8. The summed E-state index contributed by atoms with van der Waals surface area (Å²) >= 11 is 0. The third-order valence-corrected chi connectivity index (χ3v) is 3.60. The van der Waals surface area contributed by atoms with E-state index < -0.39 is 6.10 Å². The van der Waals surface area contributed by atoms with E-state index in [4.69, 9.17) is 4.74 Å². The van der Waals surface area contributed by atoms with Crippen LogP contribution < -0.4 is 10.6 Å². The molecule has 0 bridgehead atoms. The first-order valence-electron chi connectivity index (χ1n) is 7.85. The molecule has 1 aromatic carbocycles. The fourth-order valence-electron chi connectivity index (χ4n) is 2.02. The summed E-state index contributed by atoms with van der Waals surface area (Å²) in [4.78, 5) is 23.5. The molecular formula is C17H24N2O3. The minimum atomic E-state index is -0.430.